The molecule has 2 nitrogen and oxygen atoms in total. The maximum atomic E-state index is 10.8. The second-order valence-corrected chi connectivity index (χ2v) is 6.45. The van der Waals surface area contributed by atoms with Gasteiger partial charge in [0.1, 0.15) is 16.9 Å². The molecule has 2 saturated carbocycles. The largest absolute Gasteiger partial charge is 0.457 e. The SMILES string of the molecule is OC1(c2cc3cccc(Br)c3o2)C2CCCCC21. The van der Waals surface area contributed by atoms with Crippen molar-refractivity contribution >= 4 is 26.9 Å². The average molecular weight is 307 g/mol. The first-order valence-corrected chi connectivity index (χ1v) is 7.41. The summed E-state index contributed by atoms with van der Waals surface area (Å²) in [4.78, 5) is 0. The first kappa shape index (κ1) is 11.1. The van der Waals surface area contributed by atoms with Gasteiger partial charge in [0.2, 0.25) is 0 Å². The zero-order valence-corrected chi connectivity index (χ0v) is 11.6. The quantitative estimate of drug-likeness (QED) is 0.856. The molecule has 2 fully saturated rings. The highest BCUT2D eigenvalue weighted by Gasteiger charge is 2.66. The van der Waals surface area contributed by atoms with Crippen molar-refractivity contribution in [2.75, 3.05) is 0 Å². The Labute approximate surface area is 114 Å². The van der Waals surface area contributed by atoms with E-state index >= 15 is 0 Å². The van der Waals surface area contributed by atoms with Gasteiger partial charge < -0.3 is 9.52 Å². The minimum Gasteiger partial charge on any atom is -0.457 e. The van der Waals surface area contributed by atoms with Crippen LogP contribution in [0.5, 0.6) is 0 Å². The van der Waals surface area contributed by atoms with Gasteiger partial charge in [-0.1, -0.05) is 25.0 Å². The lowest BCUT2D eigenvalue weighted by molar-refractivity contribution is 0.0938. The van der Waals surface area contributed by atoms with Crippen LogP contribution in [0, 0.1) is 11.8 Å². The van der Waals surface area contributed by atoms with E-state index < -0.39 is 5.60 Å². The zero-order chi connectivity index (χ0) is 12.3. The van der Waals surface area contributed by atoms with E-state index in [-0.39, 0.29) is 0 Å². The Balaban J connectivity index is 1.82. The molecule has 0 saturated heterocycles. The van der Waals surface area contributed by atoms with Gasteiger partial charge in [0, 0.05) is 17.2 Å². The Kier molecular flexibility index (Phi) is 2.22. The lowest BCUT2D eigenvalue weighted by atomic mass is 10.0. The molecular formula is C15H15BrO2. The molecule has 0 spiro atoms. The van der Waals surface area contributed by atoms with E-state index in [0.717, 1.165) is 34.0 Å². The summed E-state index contributed by atoms with van der Waals surface area (Å²) in [6.07, 6.45) is 4.76. The van der Waals surface area contributed by atoms with Crippen molar-refractivity contribution in [3.8, 4) is 0 Å². The third-order valence-corrected chi connectivity index (χ3v) is 5.30. The van der Waals surface area contributed by atoms with Crippen LogP contribution in [0.2, 0.25) is 0 Å². The van der Waals surface area contributed by atoms with Crippen molar-refractivity contribution in [2.45, 2.75) is 31.3 Å². The second-order valence-electron chi connectivity index (χ2n) is 5.59. The van der Waals surface area contributed by atoms with Crippen molar-refractivity contribution in [3.05, 3.63) is 34.5 Å². The standard InChI is InChI=1S/C15H15BrO2/c16-12-7-3-4-9-8-13(18-14(9)12)15(17)10-5-1-2-6-11(10)15/h3-4,7-8,10-11,17H,1-2,5-6H2. The molecule has 1 heterocycles. The Morgan fingerprint density at radius 3 is 2.61 bits per heavy atom. The van der Waals surface area contributed by atoms with Gasteiger partial charge in [0.15, 0.2) is 0 Å². The van der Waals surface area contributed by atoms with Gasteiger partial charge in [-0.15, -0.1) is 0 Å². The van der Waals surface area contributed by atoms with Crippen molar-refractivity contribution in [1.29, 1.82) is 0 Å². The van der Waals surface area contributed by atoms with Crippen LogP contribution >= 0.6 is 15.9 Å². The first-order chi connectivity index (χ1) is 8.71. The number of hydrogen-bond donors (Lipinski definition) is 1. The van der Waals surface area contributed by atoms with Crippen molar-refractivity contribution in [1.82, 2.24) is 0 Å². The minimum atomic E-state index is -0.686. The Bertz CT molecular complexity index is 604. The Hall–Kier alpha value is -0.800. The van der Waals surface area contributed by atoms with Gasteiger partial charge >= 0.3 is 0 Å². The van der Waals surface area contributed by atoms with Crippen LogP contribution in [0.1, 0.15) is 31.4 Å². The lowest BCUT2D eigenvalue weighted by Crippen LogP contribution is -2.08. The molecule has 0 amide bonds. The van der Waals surface area contributed by atoms with E-state index in [1.165, 1.54) is 12.8 Å². The Morgan fingerprint density at radius 1 is 1.22 bits per heavy atom. The summed E-state index contributed by atoms with van der Waals surface area (Å²) in [5.41, 5.74) is 0.166. The van der Waals surface area contributed by atoms with Crippen LogP contribution < -0.4 is 0 Å². The van der Waals surface area contributed by atoms with Crippen LogP contribution in [0.4, 0.5) is 0 Å². The molecule has 2 aromatic rings. The summed E-state index contributed by atoms with van der Waals surface area (Å²) in [5, 5.41) is 11.9. The van der Waals surface area contributed by atoms with Crippen LogP contribution in [-0.2, 0) is 5.60 Å². The van der Waals surface area contributed by atoms with Crippen molar-refractivity contribution in [2.24, 2.45) is 11.8 Å². The van der Waals surface area contributed by atoms with E-state index in [2.05, 4.69) is 15.9 Å². The molecular weight excluding hydrogens is 292 g/mol. The monoisotopic (exact) mass is 306 g/mol. The van der Waals surface area contributed by atoms with E-state index in [1.807, 2.05) is 24.3 Å². The number of aliphatic hydroxyl groups is 1. The van der Waals surface area contributed by atoms with Crippen LogP contribution in [0.25, 0.3) is 11.0 Å². The molecule has 3 heteroatoms. The molecule has 18 heavy (non-hydrogen) atoms. The molecule has 0 radical (unpaired) electrons. The second kappa shape index (κ2) is 3.61. The van der Waals surface area contributed by atoms with Gasteiger partial charge in [-0.2, -0.15) is 0 Å². The van der Waals surface area contributed by atoms with Crippen LogP contribution in [0.15, 0.2) is 33.2 Å². The molecule has 0 aliphatic heterocycles. The van der Waals surface area contributed by atoms with E-state index in [4.69, 9.17) is 4.42 Å². The smallest absolute Gasteiger partial charge is 0.148 e. The highest BCUT2D eigenvalue weighted by molar-refractivity contribution is 9.10. The maximum absolute atomic E-state index is 10.8. The molecule has 2 aliphatic carbocycles. The van der Waals surface area contributed by atoms with Gasteiger partial charge in [-0.25, -0.2) is 0 Å². The number of furan rings is 1. The summed E-state index contributed by atoms with van der Waals surface area (Å²) in [5.74, 6) is 1.61. The molecule has 2 unspecified atom stereocenters. The van der Waals surface area contributed by atoms with Gasteiger partial charge in [0.25, 0.3) is 0 Å². The third-order valence-electron chi connectivity index (χ3n) is 4.68. The molecule has 94 valence electrons. The van der Waals surface area contributed by atoms with E-state index in [9.17, 15) is 5.11 Å². The maximum Gasteiger partial charge on any atom is 0.148 e. The highest BCUT2D eigenvalue weighted by atomic mass is 79.9. The number of benzene rings is 1. The highest BCUT2D eigenvalue weighted by Crippen LogP contribution is 2.64. The molecule has 0 bridgehead atoms. The summed E-state index contributed by atoms with van der Waals surface area (Å²) >= 11 is 3.50. The number of halogens is 1. The predicted octanol–water partition coefficient (Wildman–Crippen LogP) is 4.20. The average Bonchev–Trinajstić information content (AvgIpc) is 2.81. The van der Waals surface area contributed by atoms with Crippen molar-refractivity contribution < 1.29 is 9.52 Å². The van der Waals surface area contributed by atoms with Gasteiger partial charge in [0.05, 0.1) is 4.47 Å². The Morgan fingerprint density at radius 2 is 1.94 bits per heavy atom. The molecule has 2 aliphatic rings. The number of hydrogen-bond acceptors (Lipinski definition) is 2. The van der Waals surface area contributed by atoms with Crippen molar-refractivity contribution in [3.63, 3.8) is 0 Å². The molecule has 1 aromatic carbocycles. The number of fused-ring (bicyclic) bond motifs is 2. The molecule has 1 aromatic heterocycles. The third kappa shape index (κ3) is 1.32. The molecule has 4 rings (SSSR count). The topological polar surface area (TPSA) is 33.4 Å². The van der Waals surface area contributed by atoms with Gasteiger partial charge in [-0.3, -0.25) is 0 Å². The van der Waals surface area contributed by atoms with Crippen LogP contribution in [0.3, 0.4) is 0 Å². The lowest BCUT2D eigenvalue weighted by Gasteiger charge is -2.05. The first-order valence-electron chi connectivity index (χ1n) is 6.62. The number of rotatable bonds is 1. The van der Waals surface area contributed by atoms with Gasteiger partial charge in [-0.05, 0) is 40.9 Å². The van der Waals surface area contributed by atoms with Crippen LogP contribution in [-0.4, -0.2) is 5.11 Å². The fourth-order valence-corrected chi connectivity index (χ4v) is 4.15. The summed E-state index contributed by atoms with van der Waals surface area (Å²) in [6, 6.07) is 8.01. The summed E-state index contributed by atoms with van der Waals surface area (Å²) in [6.45, 7) is 0. The molecule has 1 N–H and O–H groups in total. The zero-order valence-electron chi connectivity index (χ0n) is 10.0. The molecule has 2 atom stereocenters. The predicted molar refractivity (Wildman–Crippen MR) is 73.3 cm³/mol. The summed E-state index contributed by atoms with van der Waals surface area (Å²) < 4.78 is 6.88. The van der Waals surface area contributed by atoms with E-state index in [0.29, 0.717) is 11.8 Å². The normalized spacial score (nSPS) is 34.6. The number of para-hydroxylation sites is 1. The summed E-state index contributed by atoms with van der Waals surface area (Å²) in [7, 11) is 0. The van der Waals surface area contributed by atoms with E-state index in [1.54, 1.807) is 0 Å². The minimum absolute atomic E-state index is 0.422. The fraction of sp³-hybridized carbons (Fsp3) is 0.467. The fourth-order valence-electron chi connectivity index (χ4n) is 3.68.